The van der Waals surface area contributed by atoms with Crippen molar-refractivity contribution in [2.75, 3.05) is 40.9 Å². The number of nitrogens with one attached hydrogen (secondary N) is 1. The van der Waals surface area contributed by atoms with Crippen molar-refractivity contribution in [3.63, 3.8) is 0 Å². The summed E-state index contributed by atoms with van der Waals surface area (Å²) in [5.41, 5.74) is 0. The van der Waals surface area contributed by atoms with Gasteiger partial charge in [-0.05, 0) is 57.8 Å². The Morgan fingerprint density at radius 1 is 0.465 bits per heavy atom. The lowest BCUT2D eigenvalue weighted by Gasteiger charge is -2.25. The predicted octanol–water partition coefficient (Wildman–Crippen LogP) is 18.9. The maximum atomic E-state index is 13.0. The van der Waals surface area contributed by atoms with E-state index in [1.165, 1.54) is 244 Å². The van der Waals surface area contributed by atoms with Crippen LogP contribution in [0.25, 0.3) is 0 Å². The number of aliphatic hydroxyl groups excluding tert-OH is 1. The number of carbonyl (C=O) groups excluding carboxylic acids is 1. The summed E-state index contributed by atoms with van der Waals surface area (Å²) in [4.78, 5) is 23.3. The number of nitrogens with zero attached hydrogens (tertiary/aromatic N) is 1. The summed E-state index contributed by atoms with van der Waals surface area (Å²) >= 11 is 0. The van der Waals surface area contributed by atoms with Crippen LogP contribution in [0.5, 0.6) is 0 Å². The van der Waals surface area contributed by atoms with E-state index in [0.29, 0.717) is 17.4 Å². The molecule has 0 aliphatic heterocycles. The van der Waals surface area contributed by atoms with Gasteiger partial charge in [0.25, 0.3) is 0 Å². The number of phosphoric acid groups is 1. The average Bonchev–Trinajstić information content (AvgIpc) is 3.33. The molecule has 0 heterocycles. The van der Waals surface area contributed by atoms with Crippen LogP contribution in [-0.4, -0.2) is 73.4 Å². The van der Waals surface area contributed by atoms with Crippen molar-refractivity contribution >= 4 is 13.7 Å². The first-order valence-electron chi connectivity index (χ1n) is 30.9. The van der Waals surface area contributed by atoms with Crippen molar-refractivity contribution in [2.24, 2.45) is 0 Å². The molecule has 0 radical (unpaired) electrons. The van der Waals surface area contributed by atoms with Gasteiger partial charge in [0.15, 0.2) is 0 Å². The van der Waals surface area contributed by atoms with E-state index in [1.807, 2.05) is 27.2 Å². The van der Waals surface area contributed by atoms with Gasteiger partial charge in [0.05, 0.1) is 39.9 Å². The Kier molecular flexibility index (Phi) is 52.6. The largest absolute Gasteiger partial charge is 0.472 e. The molecule has 0 fully saturated rings. The highest BCUT2D eigenvalue weighted by Gasteiger charge is 2.27. The van der Waals surface area contributed by atoms with E-state index in [1.54, 1.807) is 6.08 Å². The molecular formula is C62H122N2O6P+. The molecule has 0 aromatic heterocycles. The van der Waals surface area contributed by atoms with E-state index in [2.05, 4.69) is 43.5 Å². The molecule has 0 aromatic carbocycles. The Morgan fingerprint density at radius 3 is 1.13 bits per heavy atom. The van der Waals surface area contributed by atoms with E-state index in [-0.39, 0.29) is 19.1 Å². The Bertz CT molecular complexity index is 1250. The van der Waals surface area contributed by atoms with Gasteiger partial charge < -0.3 is 19.8 Å². The van der Waals surface area contributed by atoms with Crippen LogP contribution in [0.3, 0.4) is 0 Å². The molecule has 3 atom stereocenters. The van der Waals surface area contributed by atoms with Crippen molar-refractivity contribution < 1.29 is 32.9 Å². The zero-order valence-electron chi connectivity index (χ0n) is 48.0. The molecule has 0 aromatic rings. The highest BCUT2D eigenvalue weighted by atomic mass is 31.2. The van der Waals surface area contributed by atoms with Crippen LogP contribution in [0.2, 0.25) is 0 Å². The molecule has 9 heteroatoms. The number of amides is 1. The van der Waals surface area contributed by atoms with Crippen LogP contribution in [0.15, 0.2) is 36.5 Å². The fourth-order valence-electron chi connectivity index (χ4n) is 9.23. The number of phosphoric ester groups is 1. The van der Waals surface area contributed by atoms with Crippen LogP contribution >= 0.6 is 7.82 Å². The van der Waals surface area contributed by atoms with Gasteiger partial charge in [-0.25, -0.2) is 4.57 Å². The molecule has 0 aliphatic carbocycles. The van der Waals surface area contributed by atoms with Crippen molar-refractivity contribution in [3.8, 4) is 0 Å². The third-order valence-corrected chi connectivity index (χ3v) is 15.1. The van der Waals surface area contributed by atoms with Gasteiger partial charge in [-0.15, -0.1) is 0 Å². The Labute approximate surface area is 442 Å². The zero-order valence-corrected chi connectivity index (χ0v) is 48.9. The van der Waals surface area contributed by atoms with E-state index in [9.17, 15) is 19.4 Å². The number of unbranched alkanes of at least 4 members (excludes halogenated alkanes) is 40. The lowest BCUT2D eigenvalue weighted by Crippen LogP contribution is -2.45. The fourth-order valence-corrected chi connectivity index (χ4v) is 9.97. The SMILES string of the molecule is CCCCCCCCCCCCCC/C=C\CCCCCCCCCCC(=O)NC(COP(=O)(O)OCC[N+](C)(C)C)C(O)/C=C/CC/C=C/CCCCCCCCCCCCCCCCCCCCC. The monoisotopic (exact) mass is 1020 g/mol. The van der Waals surface area contributed by atoms with Crippen molar-refractivity contribution in [3.05, 3.63) is 36.5 Å². The summed E-state index contributed by atoms with van der Waals surface area (Å²) in [6.07, 6.45) is 69.8. The molecule has 0 spiro atoms. The van der Waals surface area contributed by atoms with Gasteiger partial charge in [0, 0.05) is 6.42 Å². The number of allylic oxidation sites excluding steroid dienone is 5. The summed E-state index contributed by atoms with van der Waals surface area (Å²) in [6, 6.07) is -0.865. The molecule has 0 saturated heterocycles. The number of carbonyl (C=O) groups is 1. The van der Waals surface area contributed by atoms with Gasteiger partial charge >= 0.3 is 7.82 Å². The van der Waals surface area contributed by atoms with Crippen LogP contribution in [0.4, 0.5) is 0 Å². The molecule has 420 valence electrons. The minimum atomic E-state index is -4.36. The van der Waals surface area contributed by atoms with E-state index in [4.69, 9.17) is 9.05 Å². The summed E-state index contributed by atoms with van der Waals surface area (Å²) in [6.45, 7) is 4.84. The first-order chi connectivity index (χ1) is 34.5. The smallest absolute Gasteiger partial charge is 0.387 e. The number of hydrogen-bond donors (Lipinski definition) is 3. The average molecular weight is 1020 g/mol. The lowest BCUT2D eigenvalue weighted by molar-refractivity contribution is -0.870. The molecule has 0 bridgehead atoms. The van der Waals surface area contributed by atoms with Crippen LogP contribution in [0.1, 0.15) is 303 Å². The molecule has 8 nitrogen and oxygen atoms in total. The maximum Gasteiger partial charge on any atom is 0.472 e. The van der Waals surface area contributed by atoms with Crippen LogP contribution in [0, 0.1) is 0 Å². The fraction of sp³-hybridized carbons (Fsp3) is 0.887. The minimum Gasteiger partial charge on any atom is -0.387 e. The van der Waals surface area contributed by atoms with E-state index >= 15 is 0 Å². The summed E-state index contributed by atoms with van der Waals surface area (Å²) in [5.74, 6) is -0.186. The summed E-state index contributed by atoms with van der Waals surface area (Å²) in [5, 5.41) is 13.9. The molecule has 0 saturated carbocycles. The molecule has 0 rings (SSSR count). The predicted molar refractivity (Wildman–Crippen MR) is 309 cm³/mol. The number of rotatable bonds is 57. The first-order valence-corrected chi connectivity index (χ1v) is 32.4. The normalized spacial score (nSPS) is 14.1. The molecule has 3 N–H and O–H groups in total. The number of likely N-dealkylation sites (N-methyl/N-ethyl adjacent to an activating group) is 1. The van der Waals surface area contributed by atoms with Crippen molar-refractivity contribution in [1.82, 2.24) is 5.32 Å². The van der Waals surface area contributed by atoms with Gasteiger partial charge in [-0.3, -0.25) is 13.8 Å². The van der Waals surface area contributed by atoms with Crippen LogP contribution < -0.4 is 5.32 Å². The Balaban J connectivity index is 4.21. The van der Waals surface area contributed by atoms with Crippen molar-refractivity contribution in [2.45, 2.75) is 315 Å². The Morgan fingerprint density at radius 2 is 0.775 bits per heavy atom. The maximum absolute atomic E-state index is 13.0. The summed E-state index contributed by atoms with van der Waals surface area (Å²) < 4.78 is 23.7. The second kappa shape index (κ2) is 53.5. The van der Waals surface area contributed by atoms with Crippen LogP contribution in [-0.2, 0) is 18.4 Å². The number of aliphatic hydroxyl groups is 1. The summed E-state index contributed by atoms with van der Waals surface area (Å²) in [7, 11) is 1.56. The van der Waals surface area contributed by atoms with Crippen molar-refractivity contribution in [1.29, 1.82) is 0 Å². The second-order valence-corrected chi connectivity index (χ2v) is 23.9. The number of quaternary nitrogens is 1. The molecule has 3 unspecified atom stereocenters. The topological polar surface area (TPSA) is 105 Å². The van der Waals surface area contributed by atoms with Gasteiger partial charge in [0.1, 0.15) is 13.2 Å². The van der Waals surface area contributed by atoms with E-state index in [0.717, 1.165) is 38.5 Å². The van der Waals surface area contributed by atoms with Gasteiger partial charge in [-0.1, -0.05) is 275 Å². The standard InChI is InChI=1S/C62H121N2O6P/c1-6-8-10-12-14-16-18-20-22-24-26-28-30-32-33-35-37-39-41-43-45-47-49-51-53-55-61(65)60(59-70-71(67,68)69-58-57-64(3,4)5)63-62(66)56-54-52-50-48-46-44-42-40-38-36-34-31-29-27-25-23-21-19-17-15-13-11-9-7-2/h34,36,45,47,53,55,60-61,65H,6-33,35,37-44,46,48-52,54,56-59H2,1-5H3,(H-,63,66,67,68)/p+1/b36-34-,47-45+,55-53+. The highest BCUT2D eigenvalue weighted by molar-refractivity contribution is 7.47. The molecule has 71 heavy (non-hydrogen) atoms. The first kappa shape index (κ1) is 69.7. The molecular weight excluding hydrogens is 900 g/mol. The zero-order chi connectivity index (χ0) is 52.0. The quantitative estimate of drug-likeness (QED) is 0.0243. The lowest BCUT2D eigenvalue weighted by atomic mass is 10.0. The number of hydrogen-bond acceptors (Lipinski definition) is 5. The second-order valence-electron chi connectivity index (χ2n) is 22.4. The molecule has 1 amide bonds. The third-order valence-electron chi connectivity index (χ3n) is 14.1. The molecule has 0 aliphatic rings. The van der Waals surface area contributed by atoms with Gasteiger partial charge in [0.2, 0.25) is 5.91 Å². The Hall–Kier alpha value is -1.28. The van der Waals surface area contributed by atoms with Gasteiger partial charge in [-0.2, -0.15) is 0 Å². The highest BCUT2D eigenvalue weighted by Crippen LogP contribution is 2.43. The van der Waals surface area contributed by atoms with E-state index < -0.39 is 20.0 Å². The minimum absolute atomic E-state index is 0.0563. The third kappa shape index (κ3) is 56.3.